The Kier molecular flexibility index (Phi) is 7.44. The Balaban J connectivity index is 1.42. The van der Waals surface area contributed by atoms with Crippen LogP contribution in [0.1, 0.15) is 52.6 Å². The summed E-state index contributed by atoms with van der Waals surface area (Å²) >= 11 is 5.97. The fourth-order valence-electron chi connectivity index (χ4n) is 5.76. The number of carbonyl (C=O) groups is 2. The third-order valence-electron chi connectivity index (χ3n) is 8.90. The second-order valence-electron chi connectivity index (χ2n) is 12.0. The molecule has 2 aromatic heterocycles. The number of methoxy groups -OCH3 is 1. The van der Waals surface area contributed by atoms with Gasteiger partial charge in [-0.1, -0.05) is 11.6 Å². The molecule has 2 aromatic carbocycles. The number of aliphatic hydroxyl groups is 1. The maximum atomic E-state index is 14.5. The third-order valence-corrected chi connectivity index (χ3v) is 9.17. The number of hydrogen-bond donors (Lipinski definition) is 3. The summed E-state index contributed by atoms with van der Waals surface area (Å²) in [5.41, 5.74) is 6.08. The molecular weight excluding hydrogens is 606 g/mol. The quantitative estimate of drug-likeness (QED) is 0.231. The summed E-state index contributed by atoms with van der Waals surface area (Å²) in [5, 5.41) is 15.3. The van der Waals surface area contributed by atoms with Gasteiger partial charge in [0, 0.05) is 27.8 Å². The molecule has 6 rings (SSSR count). The van der Waals surface area contributed by atoms with Gasteiger partial charge < -0.3 is 25.6 Å². The molecule has 0 unspecified atom stereocenters. The Labute approximate surface area is 262 Å². The van der Waals surface area contributed by atoms with E-state index in [-0.39, 0.29) is 41.8 Å². The van der Waals surface area contributed by atoms with Crippen LogP contribution in [0.25, 0.3) is 22.2 Å². The maximum Gasteiger partial charge on any atom is 0.251 e. The lowest BCUT2D eigenvalue weighted by Crippen LogP contribution is -2.44. The van der Waals surface area contributed by atoms with E-state index in [2.05, 4.69) is 15.3 Å². The van der Waals surface area contributed by atoms with Crippen LogP contribution in [-0.2, 0) is 15.8 Å². The van der Waals surface area contributed by atoms with Crippen LogP contribution in [-0.4, -0.2) is 47.2 Å². The molecule has 0 saturated heterocycles. The highest BCUT2D eigenvalue weighted by atomic mass is 35.5. The first-order valence-corrected chi connectivity index (χ1v) is 14.7. The van der Waals surface area contributed by atoms with Crippen molar-refractivity contribution in [2.75, 3.05) is 20.3 Å². The van der Waals surface area contributed by atoms with E-state index in [0.717, 1.165) is 22.7 Å². The number of fused-ring (bicyclic) bond motifs is 2. The number of nitrogens with zero attached hydrogens (tertiary/aromatic N) is 2. The normalized spacial score (nSPS) is 18.7. The number of carbonyl (C=O) groups excluding carboxylic acids is 2. The van der Waals surface area contributed by atoms with Crippen molar-refractivity contribution in [2.24, 2.45) is 11.7 Å². The van der Waals surface area contributed by atoms with E-state index in [1.54, 1.807) is 25.1 Å². The summed E-state index contributed by atoms with van der Waals surface area (Å²) in [6.45, 7) is 5.06. The van der Waals surface area contributed by atoms with Gasteiger partial charge in [-0.2, -0.15) is 0 Å². The van der Waals surface area contributed by atoms with Crippen LogP contribution in [0.5, 0.6) is 11.5 Å². The zero-order valence-corrected chi connectivity index (χ0v) is 25.8. The number of halogens is 3. The van der Waals surface area contributed by atoms with Crippen LogP contribution in [0.4, 0.5) is 8.78 Å². The molecule has 1 aliphatic heterocycles. The molecule has 1 saturated carbocycles. The Bertz CT molecular complexity index is 1890. The highest BCUT2D eigenvalue weighted by Gasteiger charge is 2.50. The fourth-order valence-corrected chi connectivity index (χ4v) is 5.97. The smallest absolute Gasteiger partial charge is 0.251 e. The van der Waals surface area contributed by atoms with E-state index in [4.69, 9.17) is 26.8 Å². The van der Waals surface area contributed by atoms with E-state index >= 15 is 0 Å². The largest absolute Gasteiger partial charge is 0.494 e. The summed E-state index contributed by atoms with van der Waals surface area (Å²) in [6, 6.07) is 8.87. The molecule has 2 aliphatic rings. The van der Waals surface area contributed by atoms with Crippen LogP contribution >= 0.6 is 11.6 Å². The summed E-state index contributed by atoms with van der Waals surface area (Å²) in [4.78, 5) is 35.4. The first-order chi connectivity index (χ1) is 21.3. The number of hydrogen-bond acceptors (Lipinski definition) is 7. The molecular formula is C33H31ClF2N4O5. The van der Waals surface area contributed by atoms with Gasteiger partial charge in [0.25, 0.3) is 5.91 Å². The minimum absolute atomic E-state index is 0.0519. The van der Waals surface area contributed by atoms with Crippen molar-refractivity contribution in [1.29, 1.82) is 0 Å². The summed E-state index contributed by atoms with van der Waals surface area (Å²) < 4.78 is 39.9. The molecule has 9 nitrogen and oxygen atoms in total. The number of nitrogens with two attached hydrogens (primary N) is 1. The number of pyridine rings is 2. The van der Waals surface area contributed by atoms with Crippen LogP contribution in [0.3, 0.4) is 0 Å². The Morgan fingerprint density at radius 1 is 1.18 bits per heavy atom. The van der Waals surface area contributed by atoms with Gasteiger partial charge in [-0.3, -0.25) is 9.59 Å². The van der Waals surface area contributed by atoms with E-state index < -0.39 is 39.5 Å². The zero-order chi connectivity index (χ0) is 32.4. The van der Waals surface area contributed by atoms with E-state index in [1.807, 2.05) is 19.9 Å². The molecule has 2 amide bonds. The van der Waals surface area contributed by atoms with Gasteiger partial charge in [-0.15, -0.1) is 0 Å². The van der Waals surface area contributed by atoms with Crippen LogP contribution in [0.2, 0.25) is 5.02 Å². The summed E-state index contributed by atoms with van der Waals surface area (Å²) in [5.74, 6) is -3.28. The number of rotatable bonds is 8. The Morgan fingerprint density at radius 3 is 2.56 bits per heavy atom. The van der Waals surface area contributed by atoms with Gasteiger partial charge in [0.1, 0.15) is 40.3 Å². The molecule has 1 aliphatic carbocycles. The number of aryl methyl sites for hydroxylation is 2. The first-order valence-electron chi connectivity index (χ1n) is 14.4. The molecule has 1 fully saturated rings. The lowest BCUT2D eigenvalue weighted by molar-refractivity contribution is -0.123. The molecule has 3 heterocycles. The van der Waals surface area contributed by atoms with Gasteiger partial charge in [-0.05, 0) is 81.5 Å². The fraction of sp³-hybridized carbons (Fsp3) is 0.333. The number of benzene rings is 2. The summed E-state index contributed by atoms with van der Waals surface area (Å²) in [6.07, 6.45) is 1.30. The van der Waals surface area contributed by atoms with Crippen LogP contribution in [0.15, 0.2) is 36.4 Å². The van der Waals surface area contributed by atoms with Gasteiger partial charge in [-0.25, -0.2) is 18.7 Å². The minimum Gasteiger partial charge on any atom is -0.494 e. The predicted octanol–water partition coefficient (Wildman–Crippen LogP) is 5.02. The molecule has 234 valence electrons. The highest BCUT2D eigenvalue weighted by Crippen LogP contribution is 2.50. The molecule has 12 heteroatoms. The average molecular weight is 637 g/mol. The predicted molar refractivity (Wildman–Crippen MR) is 163 cm³/mol. The van der Waals surface area contributed by atoms with Gasteiger partial charge in [0.15, 0.2) is 11.6 Å². The lowest BCUT2D eigenvalue weighted by Gasteiger charge is -2.30. The van der Waals surface area contributed by atoms with E-state index in [1.165, 1.54) is 13.2 Å². The second kappa shape index (κ2) is 10.9. The zero-order valence-electron chi connectivity index (χ0n) is 25.1. The average Bonchev–Trinajstić information content (AvgIpc) is 3.81. The number of primary amides is 1. The standard InChI is InChI=1S/C33H31ClF2N4O5/c1-15-7-17-8-19(11-24(44-4)27(17)39-16(15)2)30(41)38-13-33(43,20-5-6-20)25-12-21-29(45-14-32(21,3)31(37)42)28(40-25)18-9-22(34)26(36)23(35)10-18/h7-12,20,43H,5-6,13-14H2,1-4H3,(H2,37,42)(H,38,41)/t32-,33+/m0/s1. The van der Waals surface area contributed by atoms with Crippen molar-refractivity contribution in [3.05, 3.63) is 81.1 Å². The van der Waals surface area contributed by atoms with Gasteiger partial charge >= 0.3 is 0 Å². The Morgan fingerprint density at radius 2 is 1.91 bits per heavy atom. The second-order valence-corrected chi connectivity index (χ2v) is 12.4. The summed E-state index contributed by atoms with van der Waals surface area (Å²) in [7, 11) is 1.50. The van der Waals surface area contributed by atoms with E-state index in [9.17, 15) is 23.5 Å². The van der Waals surface area contributed by atoms with Crippen molar-refractivity contribution < 1.29 is 33.0 Å². The molecule has 0 radical (unpaired) electrons. The molecule has 45 heavy (non-hydrogen) atoms. The number of aromatic nitrogens is 2. The maximum absolute atomic E-state index is 14.5. The number of nitrogens with one attached hydrogen (secondary N) is 1. The molecule has 0 bridgehead atoms. The van der Waals surface area contributed by atoms with Crippen molar-refractivity contribution in [2.45, 2.75) is 44.6 Å². The van der Waals surface area contributed by atoms with Crippen LogP contribution in [0, 0.1) is 31.4 Å². The molecule has 4 N–H and O–H groups in total. The molecule has 0 spiro atoms. The van der Waals surface area contributed by atoms with Gasteiger partial charge in [0.05, 0.1) is 24.4 Å². The van der Waals surface area contributed by atoms with Crippen molar-refractivity contribution >= 4 is 34.3 Å². The van der Waals surface area contributed by atoms with Crippen molar-refractivity contribution in [3.8, 4) is 22.8 Å². The SMILES string of the molecule is COc1cc(C(=O)NC[C@](O)(c2cc3c(c(-c4cc(F)c(F)c(Cl)c4)n2)OC[C@]3(C)C(N)=O)C2CC2)cc2cc(C)c(C)nc12. The number of amides is 2. The first kappa shape index (κ1) is 30.7. The van der Waals surface area contributed by atoms with Crippen molar-refractivity contribution in [3.63, 3.8) is 0 Å². The van der Waals surface area contributed by atoms with Crippen molar-refractivity contribution in [1.82, 2.24) is 15.3 Å². The topological polar surface area (TPSA) is 137 Å². The Hall–Kier alpha value is -4.35. The van der Waals surface area contributed by atoms with E-state index in [0.29, 0.717) is 35.2 Å². The highest BCUT2D eigenvalue weighted by molar-refractivity contribution is 6.31. The molecule has 2 atom stereocenters. The minimum atomic E-state index is -1.70. The monoisotopic (exact) mass is 636 g/mol. The molecule has 4 aromatic rings. The third kappa shape index (κ3) is 5.13. The van der Waals surface area contributed by atoms with Gasteiger partial charge in [0.2, 0.25) is 5.91 Å². The number of ether oxygens (including phenoxy) is 2. The van der Waals surface area contributed by atoms with Crippen LogP contribution < -0.4 is 20.5 Å². The lowest BCUT2D eigenvalue weighted by atomic mass is 9.81.